The first-order valence-corrected chi connectivity index (χ1v) is 15.2. The summed E-state index contributed by atoms with van der Waals surface area (Å²) in [6, 6.07) is 2.35. The molecule has 5 aliphatic rings. The summed E-state index contributed by atoms with van der Waals surface area (Å²) >= 11 is 0. The third-order valence-electron chi connectivity index (χ3n) is 12.0. The minimum absolute atomic E-state index is 0.0229. The van der Waals surface area contributed by atoms with Gasteiger partial charge in [0.25, 0.3) is 0 Å². The Hall–Kier alpha value is -3.05. The molecule has 4 aliphatic carbocycles. The van der Waals surface area contributed by atoms with Crippen LogP contribution in [0.5, 0.6) is 11.8 Å². The van der Waals surface area contributed by atoms with Crippen LogP contribution in [0.3, 0.4) is 0 Å². The van der Waals surface area contributed by atoms with Crippen molar-refractivity contribution in [3.63, 3.8) is 0 Å². The molecule has 230 valence electrons. The Kier molecular flexibility index (Phi) is 7.12. The quantitative estimate of drug-likeness (QED) is 0.314. The Labute approximate surface area is 244 Å². The third kappa shape index (κ3) is 4.42. The van der Waals surface area contributed by atoms with Crippen molar-refractivity contribution < 1.29 is 44.4 Å². The topological polar surface area (TPSA) is 168 Å². The fourth-order valence-electron chi connectivity index (χ4n) is 9.68. The number of ether oxygens (including phenoxy) is 1. The number of aromatic nitrogens is 1. The van der Waals surface area contributed by atoms with Crippen molar-refractivity contribution in [2.24, 2.45) is 34.5 Å². The van der Waals surface area contributed by atoms with E-state index in [2.05, 4.69) is 12.2 Å². The number of fused-ring (bicyclic) bond motifs is 5. The second kappa shape index (κ2) is 10.3. The average Bonchev–Trinajstić information content (AvgIpc) is 3.60. The van der Waals surface area contributed by atoms with Gasteiger partial charge in [-0.15, -0.1) is 4.73 Å². The Morgan fingerprint density at radius 2 is 1.79 bits per heavy atom. The lowest BCUT2D eigenvalue weighted by atomic mass is 9.42. The van der Waals surface area contributed by atoms with Crippen LogP contribution in [0.25, 0.3) is 0 Å². The average molecular weight is 587 g/mol. The molecule has 0 saturated heterocycles. The van der Waals surface area contributed by atoms with Crippen LogP contribution in [-0.2, 0) is 19.1 Å². The van der Waals surface area contributed by atoms with E-state index >= 15 is 0 Å². The maximum absolute atomic E-state index is 12.7. The monoisotopic (exact) mass is 586 g/mol. The Balaban J connectivity index is 1.08. The van der Waals surface area contributed by atoms with Crippen LogP contribution in [0.1, 0.15) is 78.1 Å². The number of nitrogens with zero attached hydrogens (tertiary/aromatic N) is 1. The summed E-state index contributed by atoms with van der Waals surface area (Å²) in [6.45, 7) is 4.55. The maximum atomic E-state index is 12.7. The minimum Gasteiger partial charge on any atom is -0.492 e. The second-order valence-corrected chi connectivity index (χ2v) is 13.7. The molecule has 11 heteroatoms. The van der Waals surface area contributed by atoms with Crippen LogP contribution in [0.4, 0.5) is 0 Å². The van der Waals surface area contributed by atoms with Gasteiger partial charge < -0.3 is 35.3 Å². The summed E-state index contributed by atoms with van der Waals surface area (Å²) in [4.78, 5) is 41.6. The van der Waals surface area contributed by atoms with Gasteiger partial charge in [-0.2, -0.15) is 0 Å². The number of carbonyl (C=O) groups excluding carboxylic acids is 3. The van der Waals surface area contributed by atoms with Gasteiger partial charge in [0.05, 0.1) is 18.1 Å². The number of nitrogens with one attached hydrogen (secondary N) is 1. The minimum atomic E-state index is -1.02. The number of esters is 1. The smallest absolute Gasteiger partial charge is 0.333 e. The van der Waals surface area contributed by atoms with Gasteiger partial charge in [-0.3, -0.25) is 4.79 Å². The van der Waals surface area contributed by atoms with Crippen LogP contribution >= 0.6 is 0 Å². The van der Waals surface area contributed by atoms with Gasteiger partial charge >= 0.3 is 11.9 Å². The van der Waals surface area contributed by atoms with E-state index in [1.165, 1.54) is 12.1 Å². The highest BCUT2D eigenvalue weighted by Gasteiger charge is 2.70. The Bertz CT molecular complexity index is 1290. The standard InChI is InChI=1S/C31H42N2O9/c1-29-11-9-19(32-24(35)5-8-27(38)42-33-25(36)6-7-26(33)37)14-18(29)3-4-21-22(29)15-23(34)30(2)20(10-12-31(21,30)40)17-13-28(39)41-16-17/h6-7,13,18-23,34,36-37,40H,3-5,8-12,14-16H2,1-2H3,(H,32,35)/t18-,19+,20-,21-,22-,23-,29+,30+,31+/m1/s1. The van der Waals surface area contributed by atoms with E-state index in [1.807, 2.05) is 6.92 Å². The molecule has 2 heterocycles. The predicted molar refractivity (Wildman–Crippen MR) is 148 cm³/mol. The van der Waals surface area contributed by atoms with Gasteiger partial charge in [0.1, 0.15) is 6.61 Å². The molecular weight excluding hydrogens is 544 g/mol. The normalized spacial score (nSPS) is 40.8. The number of aliphatic hydroxyl groups excluding tert-OH is 1. The highest BCUT2D eigenvalue weighted by Crippen LogP contribution is 2.69. The highest BCUT2D eigenvalue weighted by molar-refractivity contribution is 5.85. The van der Waals surface area contributed by atoms with E-state index in [9.17, 15) is 34.8 Å². The van der Waals surface area contributed by atoms with Gasteiger partial charge in [-0.25, -0.2) is 9.59 Å². The third-order valence-corrected chi connectivity index (χ3v) is 12.0. The lowest BCUT2D eigenvalue weighted by Crippen LogP contribution is -2.67. The van der Waals surface area contributed by atoms with Gasteiger partial charge in [-0.1, -0.05) is 13.8 Å². The predicted octanol–water partition coefficient (Wildman–Crippen LogP) is 2.35. The first-order chi connectivity index (χ1) is 19.9. The summed E-state index contributed by atoms with van der Waals surface area (Å²) < 4.78 is 5.80. The van der Waals surface area contributed by atoms with Crippen LogP contribution in [0.2, 0.25) is 0 Å². The lowest BCUT2D eigenvalue weighted by molar-refractivity contribution is -0.243. The molecule has 9 atom stereocenters. The van der Waals surface area contributed by atoms with E-state index in [-0.39, 0.29) is 60.5 Å². The van der Waals surface area contributed by atoms with E-state index in [1.54, 1.807) is 6.08 Å². The number of cyclic esters (lactones) is 1. The summed E-state index contributed by atoms with van der Waals surface area (Å²) in [7, 11) is 0. The van der Waals surface area contributed by atoms with Crippen molar-refractivity contribution in [3.8, 4) is 11.8 Å². The summed E-state index contributed by atoms with van der Waals surface area (Å²) in [5.41, 5.74) is -0.936. The number of aromatic hydroxyl groups is 2. The van der Waals surface area contributed by atoms with Crippen molar-refractivity contribution in [2.75, 3.05) is 6.61 Å². The van der Waals surface area contributed by atoms with Gasteiger partial charge in [-0.05, 0) is 86.0 Å². The molecule has 0 radical (unpaired) electrons. The first kappa shape index (κ1) is 29.0. The van der Waals surface area contributed by atoms with Gasteiger partial charge in [0.2, 0.25) is 17.7 Å². The van der Waals surface area contributed by atoms with E-state index < -0.39 is 34.8 Å². The van der Waals surface area contributed by atoms with Crippen LogP contribution in [0.15, 0.2) is 23.8 Å². The lowest BCUT2D eigenvalue weighted by Gasteiger charge is -2.65. The fourth-order valence-corrected chi connectivity index (χ4v) is 9.68. The van der Waals surface area contributed by atoms with Crippen molar-refractivity contribution in [3.05, 3.63) is 23.8 Å². The molecule has 0 aromatic carbocycles. The highest BCUT2D eigenvalue weighted by atomic mass is 16.7. The van der Waals surface area contributed by atoms with E-state index in [0.717, 1.165) is 44.1 Å². The van der Waals surface area contributed by atoms with E-state index in [4.69, 9.17) is 9.57 Å². The Morgan fingerprint density at radius 1 is 1.05 bits per heavy atom. The molecule has 1 aromatic heterocycles. The summed E-state index contributed by atoms with van der Waals surface area (Å²) in [5.74, 6) is -1.72. The molecule has 0 unspecified atom stereocenters. The molecule has 1 amide bonds. The molecule has 11 nitrogen and oxygen atoms in total. The van der Waals surface area contributed by atoms with Crippen LogP contribution < -0.4 is 10.2 Å². The summed E-state index contributed by atoms with van der Waals surface area (Å²) in [5, 5.41) is 46.4. The van der Waals surface area contributed by atoms with Crippen LogP contribution in [-0.4, -0.2) is 67.4 Å². The SMILES string of the molecule is C[C@]12CC[C@H](NC(=O)CCC(=O)On3c(O)ccc3O)C[C@H]1CC[C@@H]1[C@H]2C[C@@H](O)[C@]2(C)[C@@H](C3=CC(=O)OC3)CC[C@]12O. The second-order valence-electron chi connectivity index (χ2n) is 13.7. The molecule has 42 heavy (non-hydrogen) atoms. The molecule has 0 bridgehead atoms. The fraction of sp³-hybridized carbons (Fsp3) is 0.710. The van der Waals surface area contributed by atoms with Crippen molar-refractivity contribution >= 4 is 17.8 Å². The van der Waals surface area contributed by atoms with Gasteiger partial charge in [0, 0.05) is 36.1 Å². The van der Waals surface area contributed by atoms with Crippen molar-refractivity contribution in [2.45, 2.75) is 95.8 Å². The number of amides is 1. The zero-order valence-corrected chi connectivity index (χ0v) is 24.3. The number of hydrogen-bond acceptors (Lipinski definition) is 9. The number of rotatable bonds is 6. The zero-order chi connectivity index (χ0) is 30.0. The molecular formula is C31H42N2O9. The molecule has 4 saturated carbocycles. The Morgan fingerprint density at radius 3 is 2.48 bits per heavy atom. The molecule has 0 spiro atoms. The number of aliphatic hydroxyl groups is 2. The molecule has 1 aliphatic heterocycles. The molecule has 6 rings (SSSR count). The maximum Gasteiger partial charge on any atom is 0.333 e. The number of carbonyl (C=O) groups is 3. The van der Waals surface area contributed by atoms with Crippen molar-refractivity contribution in [1.82, 2.24) is 10.0 Å². The zero-order valence-electron chi connectivity index (χ0n) is 24.3. The first-order valence-electron chi connectivity index (χ1n) is 15.2. The molecule has 4 fully saturated rings. The molecule has 5 N–H and O–H groups in total. The van der Waals surface area contributed by atoms with Crippen molar-refractivity contribution in [1.29, 1.82) is 0 Å². The molecule has 1 aromatic rings. The van der Waals surface area contributed by atoms with Gasteiger partial charge in [0.15, 0.2) is 0 Å². The number of hydrogen-bond donors (Lipinski definition) is 5. The largest absolute Gasteiger partial charge is 0.492 e. The van der Waals surface area contributed by atoms with E-state index in [0.29, 0.717) is 23.5 Å². The summed E-state index contributed by atoms with van der Waals surface area (Å²) in [6.07, 6.45) is 6.76. The van der Waals surface area contributed by atoms with Crippen LogP contribution in [0, 0.1) is 34.5 Å².